The maximum Gasteiger partial charge on any atom is 0.163 e. The minimum absolute atomic E-state index is 0.167. The largest absolute Gasteiger partial charge is 0.490 e. The van der Waals surface area contributed by atoms with Crippen molar-refractivity contribution in [2.75, 3.05) is 25.1 Å². The van der Waals surface area contributed by atoms with Crippen LogP contribution >= 0.6 is 0 Å². The maximum absolute atomic E-state index is 6.07. The Labute approximate surface area is 100 Å². The van der Waals surface area contributed by atoms with E-state index in [2.05, 4.69) is 17.4 Å². The molecule has 3 N–H and O–H groups in total. The van der Waals surface area contributed by atoms with Crippen LogP contribution in [0.4, 0.5) is 5.69 Å². The highest BCUT2D eigenvalue weighted by atomic mass is 16.5. The van der Waals surface area contributed by atoms with Crippen molar-refractivity contribution in [2.45, 2.75) is 24.3 Å². The molecule has 0 saturated heterocycles. The molecule has 17 heavy (non-hydrogen) atoms. The van der Waals surface area contributed by atoms with Crippen molar-refractivity contribution in [1.82, 2.24) is 0 Å². The van der Waals surface area contributed by atoms with E-state index in [4.69, 9.17) is 15.2 Å². The van der Waals surface area contributed by atoms with Crippen LogP contribution in [0.5, 0.6) is 11.5 Å². The van der Waals surface area contributed by atoms with E-state index < -0.39 is 0 Å². The maximum atomic E-state index is 6.07. The van der Waals surface area contributed by atoms with E-state index in [1.165, 1.54) is 11.3 Å². The summed E-state index contributed by atoms with van der Waals surface area (Å²) in [6.45, 7) is 2.42. The highest BCUT2D eigenvalue weighted by molar-refractivity contribution is 5.69. The molecule has 3 aliphatic rings. The van der Waals surface area contributed by atoms with Gasteiger partial charge in [-0.3, -0.25) is 0 Å². The number of hydrogen-bond acceptors (Lipinski definition) is 4. The molecule has 2 aliphatic heterocycles. The fourth-order valence-electron chi connectivity index (χ4n) is 2.96. The molecule has 0 aromatic heterocycles. The smallest absolute Gasteiger partial charge is 0.163 e. The van der Waals surface area contributed by atoms with Crippen LogP contribution in [0, 0.1) is 0 Å². The SMILES string of the molecule is NC1CC12CNc1cc3c(cc12)OCCCO3. The number of hydrogen-bond donors (Lipinski definition) is 2. The van der Waals surface area contributed by atoms with Gasteiger partial charge in [-0.2, -0.15) is 0 Å². The van der Waals surface area contributed by atoms with Crippen molar-refractivity contribution < 1.29 is 9.47 Å². The summed E-state index contributed by atoms with van der Waals surface area (Å²) in [4.78, 5) is 0. The lowest BCUT2D eigenvalue weighted by Gasteiger charge is -2.12. The zero-order valence-corrected chi connectivity index (χ0v) is 9.66. The average molecular weight is 232 g/mol. The number of anilines is 1. The van der Waals surface area contributed by atoms with Crippen LogP contribution in [-0.4, -0.2) is 25.8 Å². The van der Waals surface area contributed by atoms with Crippen molar-refractivity contribution in [3.8, 4) is 11.5 Å². The second-order valence-electron chi connectivity index (χ2n) is 5.22. The Bertz CT molecular complexity index is 489. The summed E-state index contributed by atoms with van der Waals surface area (Å²) in [5.74, 6) is 1.74. The highest BCUT2D eigenvalue weighted by Crippen LogP contribution is 2.55. The molecule has 90 valence electrons. The van der Waals surface area contributed by atoms with Gasteiger partial charge in [-0.15, -0.1) is 0 Å². The van der Waals surface area contributed by atoms with Gasteiger partial charge in [-0.1, -0.05) is 0 Å². The molecule has 2 atom stereocenters. The molecule has 1 aromatic carbocycles. The van der Waals surface area contributed by atoms with Gasteiger partial charge in [0.25, 0.3) is 0 Å². The minimum atomic E-state index is 0.167. The highest BCUT2D eigenvalue weighted by Gasteiger charge is 2.57. The van der Waals surface area contributed by atoms with E-state index >= 15 is 0 Å². The first-order valence-corrected chi connectivity index (χ1v) is 6.23. The number of fused-ring (bicyclic) bond motifs is 3. The first-order valence-electron chi connectivity index (χ1n) is 6.23. The molecule has 1 aliphatic carbocycles. The lowest BCUT2D eigenvalue weighted by Crippen LogP contribution is -2.20. The van der Waals surface area contributed by atoms with Crippen LogP contribution in [-0.2, 0) is 5.41 Å². The fraction of sp³-hybridized carbons (Fsp3) is 0.538. The molecule has 2 unspecified atom stereocenters. The van der Waals surface area contributed by atoms with Crippen molar-refractivity contribution >= 4 is 5.69 Å². The van der Waals surface area contributed by atoms with Crippen LogP contribution in [0.15, 0.2) is 12.1 Å². The zero-order chi connectivity index (χ0) is 11.5. The molecule has 0 bridgehead atoms. The summed E-state index contributed by atoms with van der Waals surface area (Å²) in [5.41, 5.74) is 8.72. The first kappa shape index (κ1) is 9.59. The van der Waals surface area contributed by atoms with E-state index in [1.807, 2.05) is 0 Å². The number of nitrogens with one attached hydrogen (secondary N) is 1. The lowest BCUT2D eigenvalue weighted by molar-refractivity contribution is 0.297. The van der Waals surface area contributed by atoms with Crippen molar-refractivity contribution in [2.24, 2.45) is 5.73 Å². The Morgan fingerprint density at radius 1 is 1.24 bits per heavy atom. The van der Waals surface area contributed by atoms with Crippen LogP contribution in [0.1, 0.15) is 18.4 Å². The number of ether oxygens (including phenoxy) is 2. The van der Waals surface area contributed by atoms with Crippen LogP contribution in [0.2, 0.25) is 0 Å². The Hall–Kier alpha value is -1.42. The van der Waals surface area contributed by atoms with Gasteiger partial charge in [-0.05, 0) is 18.1 Å². The Morgan fingerprint density at radius 3 is 2.65 bits per heavy atom. The molecule has 2 heterocycles. The van der Waals surface area contributed by atoms with E-state index in [1.54, 1.807) is 0 Å². The van der Waals surface area contributed by atoms with Gasteiger partial charge < -0.3 is 20.5 Å². The van der Waals surface area contributed by atoms with E-state index in [0.29, 0.717) is 6.04 Å². The van der Waals surface area contributed by atoms with Gasteiger partial charge in [0.2, 0.25) is 0 Å². The molecule has 4 heteroatoms. The number of benzene rings is 1. The molecule has 0 amide bonds. The molecule has 4 nitrogen and oxygen atoms in total. The molecule has 1 spiro atoms. The molecule has 0 radical (unpaired) electrons. The second kappa shape index (κ2) is 3.07. The Balaban J connectivity index is 1.82. The van der Waals surface area contributed by atoms with Crippen molar-refractivity contribution in [3.63, 3.8) is 0 Å². The third-order valence-electron chi connectivity index (χ3n) is 4.15. The molecular weight excluding hydrogens is 216 g/mol. The Morgan fingerprint density at radius 2 is 1.94 bits per heavy atom. The van der Waals surface area contributed by atoms with Crippen LogP contribution in [0.3, 0.4) is 0 Å². The molecule has 4 rings (SSSR count). The number of nitrogens with two attached hydrogens (primary N) is 1. The summed E-state index contributed by atoms with van der Waals surface area (Å²) in [7, 11) is 0. The van der Waals surface area contributed by atoms with Gasteiger partial charge in [0.15, 0.2) is 11.5 Å². The van der Waals surface area contributed by atoms with E-state index in [9.17, 15) is 0 Å². The van der Waals surface area contributed by atoms with Crippen LogP contribution < -0.4 is 20.5 Å². The fourth-order valence-corrected chi connectivity index (χ4v) is 2.96. The molecule has 1 fully saturated rings. The molecule has 1 saturated carbocycles. The van der Waals surface area contributed by atoms with E-state index in [-0.39, 0.29) is 5.41 Å². The summed E-state index contributed by atoms with van der Waals surface area (Å²) in [5, 5.41) is 3.44. The van der Waals surface area contributed by atoms with Gasteiger partial charge in [-0.25, -0.2) is 0 Å². The predicted octanol–water partition coefficient (Wildman–Crippen LogP) is 1.24. The van der Waals surface area contributed by atoms with Crippen LogP contribution in [0.25, 0.3) is 0 Å². The zero-order valence-electron chi connectivity index (χ0n) is 9.66. The topological polar surface area (TPSA) is 56.5 Å². The summed E-state index contributed by atoms with van der Waals surface area (Å²) in [6, 6.07) is 4.49. The standard InChI is InChI=1S/C13H16N2O2/c14-12-6-13(12)7-15-9-5-11-10(4-8(9)13)16-2-1-3-17-11/h4-5,12,15H,1-3,6-7,14H2. The monoisotopic (exact) mass is 232 g/mol. The summed E-state index contributed by atoms with van der Waals surface area (Å²) < 4.78 is 11.4. The quantitative estimate of drug-likeness (QED) is 0.706. The average Bonchev–Trinajstić information content (AvgIpc) is 2.93. The predicted molar refractivity (Wildman–Crippen MR) is 64.8 cm³/mol. The first-order chi connectivity index (χ1) is 8.29. The summed E-state index contributed by atoms with van der Waals surface area (Å²) >= 11 is 0. The Kier molecular flexibility index (Phi) is 1.73. The third kappa shape index (κ3) is 1.21. The van der Waals surface area contributed by atoms with Gasteiger partial charge in [0, 0.05) is 36.2 Å². The van der Waals surface area contributed by atoms with Crippen molar-refractivity contribution in [1.29, 1.82) is 0 Å². The number of rotatable bonds is 0. The van der Waals surface area contributed by atoms with Gasteiger partial charge >= 0.3 is 0 Å². The van der Waals surface area contributed by atoms with E-state index in [0.717, 1.165) is 44.1 Å². The second-order valence-corrected chi connectivity index (χ2v) is 5.22. The normalized spacial score (nSPS) is 32.9. The van der Waals surface area contributed by atoms with Gasteiger partial charge in [0.05, 0.1) is 13.2 Å². The lowest BCUT2D eigenvalue weighted by atomic mass is 9.97. The van der Waals surface area contributed by atoms with Gasteiger partial charge in [0.1, 0.15) is 0 Å². The summed E-state index contributed by atoms with van der Waals surface area (Å²) in [6.07, 6.45) is 2.02. The minimum Gasteiger partial charge on any atom is -0.490 e. The molecular formula is C13H16N2O2. The third-order valence-corrected chi connectivity index (χ3v) is 4.15. The molecule has 1 aromatic rings. The van der Waals surface area contributed by atoms with Crippen molar-refractivity contribution in [3.05, 3.63) is 17.7 Å².